The minimum absolute atomic E-state index is 0.0149. The lowest BCUT2D eigenvalue weighted by Crippen LogP contribution is -2.23. The highest BCUT2D eigenvalue weighted by Gasteiger charge is 2.19. The molecule has 0 spiro atoms. The van der Waals surface area contributed by atoms with Gasteiger partial charge in [-0.1, -0.05) is 84.1 Å². The molecule has 0 aliphatic rings. The normalized spacial score (nSPS) is 11.8. The average Bonchev–Trinajstić information content (AvgIpc) is 3.32. The molecule has 0 saturated carbocycles. The second-order valence-corrected chi connectivity index (χ2v) is 7.94. The highest BCUT2D eigenvalue weighted by atomic mass is 32.1. The van der Waals surface area contributed by atoms with Crippen molar-refractivity contribution in [3.63, 3.8) is 0 Å². The summed E-state index contributed by atoms with van der Waals surface area (Å²) in [5.41, 5.74) is 3.70. The third kappa shape index (κ3) is 3.41. The largest absolute Gasteiger partial charge is 0.274 e. The molecule has 5 rings (SSSR count). The molecule has 0 aliphatic carbocycles. The fourth-order valence-corrected chi connectivity index (χ4v) is 4.51. The second-order valence-electron chi connectivity index (χ2n) is 6.93. The SMILES string of the molecule is O=c1c(=Cc2cccc([N+](=O)[O-])c2)sc2nc(-c3ccccc3)c(-c3ccccc3)n12. The second kappa shape index (κ2) is 7.62. The number of benzene rings is 3. The Morgan fingerprint density at radius 2 is 1.58 bits per heavy atom. The highest BCUT2D eigenvalue weighted by Crippen LogP contribution is 2.32. The summed E-state index contributed by atoms with van der Waals surface area (Å²) >= 11 is 1.27. The van der Waals surface area contributed by atoms with Crippen LogP contribution in [0.1, 0.15) is 5.56 Å². The molecule has 0 bridgehead atoms. The van der Waals surface area contributed by atoms with Crippen molar-refractivity contribution in [2.75, 3.05) is 0 Å². The number of hydrogen-bond acceptors (Lipinski definition) is 5. The van der Waals surface area contributed by atoms with E-state index in [4.69, 9.17) is 4.98 Å². The van der Waals surface area contributed by atoms with E-state index < -0.39 is 4.92 Å². The van der Waals surface area contributed by atoms with E-state index in [1.165, 1.54) is 23.5 Å². The van der Waals surface area contributed by atoms with Gasteiger partial charge in [0.15, 0.2) is 4.96 Å². The molecule has 3 aromatic carbocycles. The molecule has 0 aliphatic heterocycles. The van der Waals surface area contributed by atoms with E-state index in [0.29, 0.717) is 15.1 Å². The first kappa shape index (κ1) is 18.9. The van der Waals surface area contributed by atoms with Crippen LogP contribution in [0, 0.1) is 10.1 Å². The third-order valence-electron chi connectivity index (χ3n) is 4.94. The van der Waals surface area contributed by atoms with Crippen LogP contribution in [0.25, 0.3) is 33.6 Å². The van der Waals surface area contributed by atoms with Crippen LogP contribution in [0.15, 0.2) is 89.7 Å². The van der Waals surface area contributed by atoms with Gasteiger partial charge in [0, 0.05) is 23.3 Å². The molecule has 2 heterocycles. The van der Waals surface area contributed by atoms with Gasteiger partial charge in [-0.2, -0.15) is 0 Å². The lowest BCUT2D eigenvalue weighted by atomic mass is 10.1. The van der Waals surface area contributed by atoms with E-state index in [9.17, 15) is 14.9 Å². The van der Waals surface area contributed by atoms with Crippen LogP contribution in [0.5, 0.6) is 0 Å². The first-order valence-corrected chi connectivity index (χ1v) is 10.4. The molecule has 5 aromatic rings. The van der Waals surface area contributed by atoms with Crippen molar-refractivity contribution in [2.45, 2.75) is 0 Å². The Bertz CT molecular complexity index is 1520. The topological polar surface area (TPSA) is 77.5 Å². The standard InChI is InChI=1S/C24H15N3O3S/c28-23-20(15-16-8-7-13-19(14-16)27(29)30)31-24-25-21(17-9-3-1-4-10-17)22(26(23)24)18-11-5-2-6-12-18/h1-15H. The van der Waals surface area contributed by atoms with Crippen molar-refractivity contribution in [3.8, 4) is 22.5 Å². The van der Waals surface area contributed by atoms with E-state index in [0.717, 1.165) is 22.5 Å². The maximum atomic E-state index is 13.4. The Labute approximate surface area is 180 Å². The molecule has 7 heteroatoms. The van der Waals surface area contributed by atoms with Crippen LogP contribution in [0.2, 0.25) is 0 Å². The summed E-state index contributed by atoms with van der Waals surface area (Å²) in [6.07, 6.45) is 1.67. The zero-order valence-electron chi connectivity index (χ0n) is 16.1. The molecule has 0 fully saturated rings. The number of hydrogen-bond donors (Lipinski definition) is 0. The maximum absolute atomic E-state index is 13.4. The van der Waals surface area contributed by atoms with Crippen LogP contribution in [-0.4, -0.2) is 14.3 Å². The van der Waals surface area contributed by atoms with Crippen molar-refractivity contribution < 1.29 is 4.92 Å². The summed E-state index contributed by atoms with van der Waals surface area (Å²) in [7, 11) is 0. The van der Waals surface area contributed by atoms with E-state index in [1.807, 2.05) is 60.7 Å². The van der Waals surface area contributed by atoms with E-state index >= 15 is 0 Å². The molecular formula is C24H15N3O3S. The Kier molecular flexibility index (Phi) is 4.65. The maximum Gasteiger partial charge on any atom is 0.274 e. The fourth-order valence-electron chi connectivity index (χ4n) is 3.54. The summed E-state index contributed by atoms with van der Waals surface area (Å²) in [6, 6.07) is 25.7. The Balaban J connectivity index is 1.77. The van der Waals surface area contributed by atoms with Gasteiger partial charge in [-0.05, 0) is 11.6 Å². The number of aromatic nitrogens is 2. The predicted octanol–water partition coefficient (Wildman–Crippen LogP) is 4.55. The number of non-ortho nitro benzene ring substituents is 1. The zero-order valence-corrected chi connectivity index (χ0v) is 17.0. The van der Waals surface area contributed by atoms with Crippen molar-refractivity contribution in [1.29, 1.82) is 0 Å². The first-order chi connectivity index (χ1) is 15.1. The van der Waals surface area contributed by atoms with Crippen LogP contribution in [0.3, 0.4) is 0 Å². The molecule has 2 aromatic heterocycles. The average molecular weight is 425 g/mol. The Morgan fingerprint density at radius 3 is 2.26 bits per heavy atom. The molecule has 150 valence electrons. The number of nitrogens with zero attached hydrogens (tertiary/aromatic N) is 3. The van der Waals surface area contributed by atoms with E-state index in [2.05, 4.69) is 0 Å². The molecule has 0 radical (unpaired) electrons. The molecule has 0 atom stereocenters. The highest BCUT2D eigenvalue weighted by molar-refractivity contribution is 7.15. The zero-order chi connectivity index (χ0) is 21.4. The smallest absolute Gasteiger partial charge is 0.267 e. The van der Waals surface area contributed by atoms with Gasteiger partial charge in [0.05, 0.1) is 20.8 Å². The van der Waals surface area contributed by atoms with Gasteiger partial charge in [0.25, 0.3) is 11.2 Å². The fraction of sp³-hybridized carbons (Fsp3) is 0. The first-order valence-electron chi connectivity index (χ1n) is 9.54. The summed E-state index contributed by atoms with van der Waals surface area (Å²) < 4.78 is 2.10. The van der Waals surface area contributed by atoms with Crippen molar-refractivity contribution in [3.05, 3.63) is 115 Å². The summed E-state index contributed by atoms with van der Waals surface area (Å²) in [6.45, 7) is 0. The van der Waals surface area contributed by atoms with Crippen LogP contribution < -0.4 is 10.1 Å². The predicted molar refractivity (Wildman–Crippen MR) is 122 cm³/mol. The van der Waals surface area contributed by atoms with Crippen LogP contribution >= 0.6 is 11.3 Å². The van der Waals surface area contributed by atoms with Crippen LogP contribution in [0.4, 0.5) is 5.69 Å². The number of imidazole rings is 1. The molecule has 0 amide bonds. The minimum atomic E-state index is -0.448. The summed E-state index contributed by atoms with van der Waals surface area (Å²) in [5, 5.41) is 11.1. The van der Waals surface area contributed by atoms with Gasteiger partial charge in [0.2, 0.25) is 0 Å². The molecule has 0 N–H and O–H groups in total. The molecular weight excluding hydrogens is 410 g/mol. The Hall–Kier alpha value is -4.10. The molecule has 0 unspecified atom stereocenters. The lowest BCUT2D eigenvalue weighted by Gasteiger charge is -2.04. The molecule has 31 heavy (non-hydrogen) atoms. The summed E-state index contributed by atoms with van der Waals surface area (Å²) in [5.74, 6) is 0. The van der Waals surface area contributed by atoms with Gasteiger partial charge in [-0.3, -0.25) is 14.9 Å². The van der Waals surface area contributed by atoms with Gasteiger partial charge >= 0.3 is 0 Å². The van der Waals surface area contributed by atoms with Crippen molar-refractivity contribution in [2.24, 2.45) is 0 Å². The van der Waals surface area contributed by atoms with Gasteiger partial charge < -0.3 is 0 Å². The lowest BCUT2D eigenvalue weighted by molar-refractivity contribution is -0.384. The van der Waals surface area contributed by atoms with Gasteiger partial charge in [-0.25, -0.2) is 9.38 Å². The van der Waals surface area contributed by atoms with Gasteiger partial charge in [-0.15, -0.1) is 0 Å². The number of nitro groups is 1. The van der Waals surface area contributed by atoms with E-state index in [-0.39, 0.29) is 11.2 Å². The minimum Gasteiger partial charge on any atom is -0.267 e. The monoisotopic (exact) mass is 425 g/mol. The quantitative estimate of drug-likeness (QED) is 0.313. The number of nitro benzene ring substituents is 1. The van der Waals surface area contributed by atoms with Crippen molar-refractivity contribution >= 4 is 28.1 Å². The number of fused-ring (bicyclic) bond motifs is 1. The van der Waals surface area contributed by atoms with Gasteiger partial charge in [0.1, 0.15) is 0 Å². The van der Waals surface area contributed by atoms with E-state index in [1.54, 1.807) is 22.6 Å². The summed E-state index contributed by atoms with van der Waals surface area (Å²) in [4.78, 5) is 29.3. The number of rotatable bonds is 4. The number of thiazole rings is 1. The van der Waals surface area contributed by atoms with Crippen molar-refractivity contribution in [1.82, 2.24) is 9.38 Å². The van der Waals surface area contributed by atoms with Crippen LogP contribution in [-0.2, 0) is 0 Å². The third-order valence-corrected chi connectivity index (χ3v) is 5.90. The molecule has 0 saturated heterocycles. The Morgan fingerprint density at radius 1 is 0.903 bits per heavy atom. The molecule has 6 nitrogen and oxygen atoms in total.